The Labute approximate surface area is 713 Å². The summed E-state index contributed by atoms with van der Waals surface area (Å²) in [6.07, 6.45) is -29.7. The Hall–Kier alpha value is -11.2. The normalized spacial score (nSPS) is 30.1. The summed E-state index contributed by atoms with van der Waals surface area (Å²) in [4.78, 5) is 234. The van der Waals surface area contributed by atoms with E-state index in [1.54, 1.807) is 0 Å². The molecule has 0 saturated carbocycles. The Morgan fingerprint density at radius 2 is 0.448 bits per heavy atom. The van der Waals surface area contributed by atoms with Crippen LogP contribution >= 0.6 is 0 Å². The molecule has 0 aromatic carbocycles. The summed E-state index contributed by atoms with van der Waals surface area (Å²) < 4.78 is 166. The maximum atomic E-state index is 14.2. The Morgan fingerprint density at radius 1 is 0.264 bits per heavy atom. The fourth-order valence-corrected chi connectivity index (χ4v) is 13.6. The molecule has 125 heavy (non-hydrogen) atoms. The number of esters is 16. The maximum Gasteiger partial charge on any atom is 0.303 e. The molecule has 4 heterocycles. The van der Waals surface area contributed by atoms with Gasteiger partial charge < -0.3 is 133 Å². The van der Waals surface area contributed by atoms with Crippen LogP contribution in [0.1, 0.15) is 117 Å². The number of allylic oxidation sites excluding steroid dienone is 8. The summed E-state index contributed by atoms with van der Waals surface area (Å²) in [7, 11) is 4.01. The van der Waals surface area contributed by atoms with Gasteiger partial charge in [0, 0.05) is 139 Å². The first kappa shape index (κ1) is 103. The number of hydrogen-bond donors (Lipinski definition) is 0. The molecule has 20 atom stereocenters. The first-order chi connectivity index (χ1) is 58.6. The molecular weight excluding hydrogens is 1680 g/mol. The molecule has 4 aliphatic heterocycles. The molecular formula is C79H100O46. The Morgan fingerprint density at radius 3 is 0.624 bits per heavy atom. The van der Waals surface area contributed by atoms with Gasteiger partial charge in [0.25, 0.3) is 11.6 Å². The van der Waals surface area contributed by atoms with Crippen molar-refractivity contribution in [3.63, 3.8) is 0 Å². The molecule has 0 amide bonds. The summed E-state index contributed by atoms with van der Waals surface area (Å²) in [6.45, 7) is 11.9. The van der Waals surface area contributed by atoms with Gasteiger partial charge in [0.1, 0.15) is 50.8 Å². The SMILES string of the molecule is COC1(OC)C=C(C=CC(=O)CC(=O)C=CC2=CC(OC)(OC)C(OC3O[C@H](COC(C)=O)[C@@H](OC(C)=O)[C@H](OC(C)=O)[C@H]3OC(C)=O)(OC3O[C@H](COC(C)=O)[C@@H](OC(C)=O)[C@H](OC(C)=O)[C@H]3OC(C)=O)C=C2)C=CC1(OC1O[C@H](COC(C)=O)[C@@H](OC(C)=O)[C@H](OC(C)=O)[C@H]1OC(C)=O)OC1O[C@H](COC(C)=O)[C@@H](OC(C)=O)[C@H](OC(C)=O)[C@H]1OC(C)=O. The largest absolute Gasteiger partial charge is 0.463 e. The van der Waals surface area contributed by atoms with Gasteiger partial charge >= 0.3 is 95.5 Å². The zero-order valence-corrected chi connectivity index (χ0v) is 71.6. The van der Waals surface area contributed by atoms with Crippen LogP contribution in [-0.2, 0) is 219 Å². The molecule has 0 N–H and O–H groups in total. The fourth-order valence-electron chi connectivity index (χ4n) is 13.6. The molecule has 6 rings (SSSR count). The first-order valence-corrected chi connectivity index (χ1v) is 38.0. The van der Waals surface area contributed by atoms with Gasteiger partial charge in [0.2, 0.25) is 36.7 Å². The molecule has 0 bridgehead atoms. The molecule has 46 nitrogen and oxygen atoms in total. The topological polar surface area (TPSA) is 566 Å². The van der Waals surface area contributed by atoms with E-state index >= 15 is 0 Å². The highest BCUT2D eigenvalue weighted by Gasteiger charge is 2.67. The summed E-state index contributed by atoms with van der Waals surface area (Å²) in [5.41, 5.74) is -0.186. The highest BCUT2D eigenvalue weighted by atomic mass is 16.9. The smallest absolute Gasteiger partial charge is 0.303 e. The van der Waals surface area contributed by atoms with Crippen LogP contribution in [0, 0.1) is 0 Å². The number of carbonyl (C=O) groups excluding carboxylic acids is 18. The molecule has 46 heteroatoms. The van der Waals surface area contributed by atoms with Gasteiger partial charge in [0.05, 0.1) is 6.42 Å². The van der Waals surface area contributed by atoms with E-state index in [2.05, 4.69) is 0 Å². The van der Waals surface area contributed by atoms with Crippen LogP contribution in [0.3, 0.4) is 0 Å². The minimum absolute atomic E-state index is 0.0931. The lowest BCUT2D eigenvalue weighted by Crippen LogP contribution is -2.70. The second kappa shape index (κ2) is 45.6. The number of hydrogen-bond acceptors (Lipinski definition) is 46. The van der Waals surface area contributed by atoms with Crippen molar-refractivity contribution in [3.8, 4) is 0 Å². The van der Waals surface area contributed by atoms with E-state index in [0.29, 0.717) is 0 Å². The first-order valence-electron chi connectivity index (χ1n) is 38.0. The maximum absolute atomic E-state index is 14.2. The van der Waals surface area contributed by atoms with Gasteiger partial charge in [-0.15, -0.1) is 0 Å². The average molecular weight is 1790 g/mol. The van der Waals surface area contributed by atoms with E-state index in [-0.39, 0.29) is 11.1 Å². The predicted octanol–water partition coefficient (Wildman–Crippen LogP) is 0.389. The van der Waals surface area contributed by atoms with Crippen molar-refractivity contribution < 1.29 is 219 Å². The van der Waals surface area contributed by atoms with Crippen LogP contribution < -0.4 is 0 Å². The predicted molar refractivity (Wildman–Crippen MR) is 398 cm³/mol. The molecule has 0 spiro atoms. The second-order valence-corrected chi connectivity index (χ2v) is 28.0. The third kappa shape index (κ3) is 27.9. The lowest BCUT2D eigenvalue weighted by Gasteiger charge is -2.52. The van der Waals surface area contributed by atoms with Crippen LogP contribution in [-0.4, -0.2) is 308 Å². The van der Waals surface area contributed by atoms with E-state index in [1.807, 2.05) is 0 Å². The van der Waals surface area contributed by atoms with Crippen molar-refractivity contribution in [2.24, 2.45) is 0 Å². The van der Waals surface area contributed by atoms with Gasteiger partial charge in [0.15, 0.2) is 84.8 Å². The van der Waals surface area contributed by atoms with Crippen molar-refractivity contribution >= 4 is 107 Å². The standard InChI is InChI=1S/C79H100O46/c1-36(80)102-32-56-60(106-40(5)84)64(110-44(9)88)68(114-48(13)92)72(118-56)122-76(123-73-69(115-49(14)93)65(111-45(10)89)61(107-41(6)85)57(119-73)33-103-37(2)81)27-25-52(30-78(76,98-17)99-18)21-23-54(96)29-55(97)24-22-53-26-28-77(79(31-53,100-19)101-20,124-74-70(116-50(15)94)66(112-46(11)90)62(108-42(7)86)58(120-74)34-104-38(3)82)125-75-71(117-51(16)95)67(113-47(12)91)63(109-43(8)87)59(121-75)35-105-39(4)83/h21-28,30-31,56-75H,29,32-35H2,1-20H3/t56-,57-,58-,59-,60-,61-,62-,63-,64+,65+,66+,67+,68-,69-,70-,71-,72?,73?,74?,75?,76?,77?/m1/s1. The quantitative estimate of drug-likeness (QED) is 0.0265. The molecule has 4 fully saturated rings. The van der Waals surface area contributed by atoms with Gasteiger partial charge in [-0.05, 0) is 47.6 Å². The minimum Gasteiger partial charge on any atom is -0.463 e. The van der Waals surface area contributed by atoms with Crippen molar-refractivity contribution in [2.75, 3.05) is 54.9 Å². The van der Waals surface area contributed by atoms with E-state index in [9.17, 15) is 86.3 Å². The lowest BCUT2D eigenvalue weighted by molar-refractivity contribution is -0.452. The van der Waals surface area contributed by atoms with Crippen LogP contribution in [0.2, 0.25) is 0 Å². The third-order valence-corrected chi connectivity index (χ3v) is 18.1. The number of ketones is 2. The zero-order chi connectivity index (χ0) is 93.5. The number of ether oxygens (including phenoxy) is 28. The summed E-state index contributed by atoms with van der Waals surface area (Å²) in [5, 5.41) is 0. The molecule has 0 aromatic rings. The molecule has 0 aromatic heterocycles. The van der Waals surface area contributed by atoms with Crippen molar-refractivity contribution in [1.82, 2.24) is 0 Å². The second-order valence-electron chi connectivity index (χ2n) is 28.0. The summed E-state index contributed by atoms with van der Waals surface area (Å²) in [5.74, 6) is -29.9. The third-order valence-electron chi connectivity index (χ3n) is 18.1. The lowest BCUT2D eigenvalue weighted by atomic mass is 9.92. The Bertz CT molecular complexity index is 3750. The Balaban J connectivity index is 1.52. The molecule has 4 saturated heterocycles. The van der Waals surface area contributed by atoms with Crippen LogP contribution in [0.25, 0.3) is 0 Å². The monoisotopic (exact) mass is 1780 g/mol. The van der Waals surface area contributed by atoms with E-state index in [4.69, 9.17) is 133 Å². The molecule has 2 aliphatic carbocycles. The number of carbonyl (C=O) groups is 18. The molecule has 6 aliphatic rings. The van der Waals surface area contributed by atoms with Crippen LogP contribution in [0.15, 0.2) is 71.9 Å². The highest BCUT2D eigenvalue weighted by molar-refractivity contribution is 6.08. The molecule has 0 radical (unpaired) electrons. The van der Waals surface area contributed by atoms with Crippen molar-refractivity contribution in [2.45, 2.75) is 263 Å². The molecule has 692 valence electrons. The van der Waals surface area contributed by atoms with Crippen molar-refractivity contribution in [3.05, 3.63) is 71.9 Å². The average Bonchev–Trinajstić information content (AvgIpc) is 0.731. The molecule has 4 unspecified atom stereocenters. The van der Waals surface area contributed by atoms with Gasteiger partial charge in [-0.2, -0.15) is 0 Å². The number of methoxy groups -OCH3 is 4. The number of rotatable bonds is 38. The van der Waals surface area contributed by atoms with E-state index in [0.717, 1.165) is 200 Å². The van der Waals surface area contributed by atoms with E-state index in [1.165, 1.54) is 0 Å². The Kier molecular flexibility index (Phi) is 37.5. The highest BCUT2D eigenvalue weighted by Crippen LogP contribution is 2.49. The zero-order valence-electron chi connectivity index (χ0n) is 71.6. The van der Waals surface area contributed by atoms with Gasteiger partial charge in [-0.25, -0.2) is 0 Å². The fraction of sp³-hybridized carbons (Fsp3) is 0.620. The van der Waals surface area contributed by atoms with Crippen LogP contribution in [0.5, 0.6) is 0 Å². The van der Waals surface area contributed by atoms with Crippen molar-refractivity contribution in [1.29, 1.82) is 0 Å². The van der Waals surface area contributed by atoms with E-state index < -0.39 is 286 Å². The summed E-state index contributed by atoms with van der Waals surface area (Å²) in [6, 6.07) is 0. The summed E-state index contributed by atoms with van der Waals surface area (Å²) >= 11 is 0. The van der Waals surface area contributed by atoms with Gasteiger partial charge in [-0.1, -0.05) is 24.3 Å². The minimum atomic E-state index is -3.00. The van der Waals surface area contributed by atoms with Gasteiger partial charge in [-0.3, -0.25) is 86.3 Å². The van der Waals surface area contributed by atoms with Crippen LogP contribution in [0.4, 0.5) is 0 Å².